The Morgan fingerprint density at radius 1 is 1.58 bits per heavy atom. The molecule has 1 aromatic heterocycles. The minimum atomic E-state index is 0.318. The standard InChI is InChI=1S/C10H15NS/c1-7-5-6-12-10(7)9(11)8-3-2-4-8/h5-6,8-9H,2-4,11H2,1H3/t9-/m0/s1. The molecule has 2 heteroatoms. The summed E-state index contributed by atoms with van der Waals surface area (Å²) in [6.07, 6.45) is 4.04. The zero-order valence-electron chi connectivity index (χ0n) is 7.42. The van der Waals surface area contributed by atoms with Crippen LogP contribution in [0.1, 0.15) is 35.7 Å². The van der Waals surface area contributed by atoms with Gasteiger partial charge in [-0.05, 0) is 42.7 Å². The van der Waals surface area contributed by atoms with Crippen molar-refractivity contribution in [1.29, 1.82) is 0 Å². The second-order valence-corrected chi connectivity index (χ2v) is 4.63. The third-order valence-electron chi connectivity index (χ3n) is 2.86. The monoisotopic (exact) mass is 181 g/mol. The molecule has 0 bridgehead atoms. The van der Waals surface area contributed by atoms with Crippen molar-refractivity contribution in [2.75, 3.05) is 0 Å². The molecule has 1 aromatic rings. The summed E-state index contributed by atoms with van der Waals surface area (Å²) in [5, 5.41) is 2.14. The summed E-state index contributed by atoms with van der Waals surface area (Å²) in [4.78, 5) is 1.40. The van der Waals surface area contributed by atoms with Crippen LogP contribution in [0.5, 0.6) is 0 Å². The molecule has 66 valence electrons. The zero-order chi connectivity index (χ0) is 8.55. The van der Waals surface area contributed by atoms with Crippen LogP contribution in [0.4, 0.5) is 0 Å². The van der Waals surface area contributed by atoms with Gasteiger partial charge in [0.1, 0.15) is 0 Å². The summed E-state index contributed by atoms with van der Waals surface area (Å²) in [5.41, 5.74) is 7.53. The van der Waals surface area contributed by atoms with Gasteiger partial charge in [0.25, 0.3) is 0 Å². The van der Waals surface area contributed by atoms with Crippen LogP contribution in [-0.4, -0.2) is 0 Å². The van der Waals surface area contributed by atoms with Crippen LogP contribution >= 0.6 is 11.3 Å². The second-order valence-electron chi connectivity index (χ2n) is 3.68. The fourth-order valence-electron chi connectivity index (χ4n) is 1.74. The Balaban J connectivity index is 2.13. The topological polar surface area (TPSA) is 26.0 Å². The van der Waals surface area contributed by atoms with Crippen molar-refractivity contribution >= 4 is 11.3 Å². The molecule has 0 amide bonds. The molecule has 1 atom stereocenters. The molecule has 1 aliphatic rings. The minimum absolute atomic E-state index is 0.318. The van der Waals surface area contributed by atoms with E-state index in [0.717, 1.165) is 5.92 Å². The molecule has 1 aliphatic carbocycles. The predicted molar refractivity (Wildman–Crippen MR) is 53.3 cm³/mol. The van der Waals surface area contributed by atoms with Gasteiger partial charge >= 0.3 is 0 Å². The number of aryl methyl sites for hydroxylation is 1. The Morgan fingerprint density at radius 3 is 2.75 bits per heavy atom. The van der Waals surface area contributed by atoms with Gasteiger partial charge in [-0.15, -0.1) is 11.3 Å². The van der Waals surface area contributed by atoms with Gasteiger partial charge in [0.15, 0.2) is 0 Å². The quantitative estimate of drug-likeness (QED) is 0.746. The summed E-state index contributed by atoms with van der Waals surface area (Å²) in [6, 6.07) is 2.48. The normalized spacial score (nSPS) is 20.5. The molecule has 0 unspecified atom stereocenters. The Bertz CT molecular complexity index is 263. The molecular formula is C10H15NS. The highest BCUT2D eigenvalue weighted by Crippen LogP contribution is 2.38. The molecule has 1 saturated carbocycles. The lowest BCUT2D eigenvalue weighted by atomic mass is 9.79. The van der Waals surface area contributed by atoms with Crippen molar-refractivity contribution < 1.29 is 0 Å². The van der Waals surface area contributed by atoms with Crippen LogP contribution in [0.2, 0.25) is 0 Å². The number of thiophene rings is 1. The maximum absolute atomic E-state index is 6.16. The molecular weight excluding hydrogens is 166 g/mol. The van der Waals surface area contributed by atoms with Gasteiger partial charge in [0.05, 0.1) is 0 Å². The first-order valence-corrected chi connectivity index (χ1v) is 5.46. The largest absolute Gasteiger partial charge is 0.323 e. The zero-order valence-corrected chi connectivity index (χ0v) is 8.23. The van der Waals surface area contributed by atoms with Crippen molar-refractivity contribution in [2.24, 2.45) is 11.7 Å². The highest BCUT2D eigenvalue weighted by molar-refractivity contribution is 7.10. The van der Waals surface area contributed by atoms with Crippen molar-refractivity contribution in [3.63, 3.8) is 0 Å². The van der Waals surface area contributed by atoms with E-state index in [4.69, 9.17) is 5.73 Å². The maximum Gasteiger partial charge on any atom is 0.0421 e. The minimum Gasteiger partial charge on any atom is -0.323 e. The van der Waals surface area contributed by atoms with E-state index in [2.05, 4.69) is 18.4 Å². The number of rotatable bonds is 2. The van der Waals surface area contributed by atoms with Crippen LogP contribution in [-0.2, 0) is 0 Å². The maximum atomic E-state index is 6.16. The van der Waals surface area contributed by atoms with Gasteiger partial charge in [-0.2, -0.15) is 0 Å². The van der Waals surface area contributed by atoms with E-state index in [1.54, 1.807) is 0 Å². The predicted octanol–water partition coefficient (Wildman–Crippen LogP) is 2.86. The summed E-state index contributed by atoms with van der Waals surface area (Å²) in [6.45, 7) is 2.16. The number of nitrogens with two attached hydrogens (primary N) is 1. The Labute approximate surface area is 77.6 Å². The van der Waals surface area contributed by atoms with Gasteiger partial charge in [-0.1, -0.05) is 6.42 Å². The van der Waals surface area contributed by atoms with Crippen molar-refractivity contribution in [3.8, 4) is 0 Å². The summed E-state index contributed by atoms with van der Waals surface area (Å²) in [5.74, 6) is 0.766. The molecule has 0 spiro atoms. The number of hydrogen-bond acceptors (Lipinski definition) is 2. The van der Waals surface area contributed by atoms with Crippen LogP contribution in [0.15, 0.2) is 11.4 Å². The fourth-order valence-corrected chi connectivity index (χ4v) is 2.76. The Hall–Kier alpha value is -0.340. The van der Waals surface area contributed by atoms with Gasteiger partial charge < -0.3 is 5.73 Å². The van der Waals surface area contributed by atoms with Gasteiger partial charge in [-0.25, -0.2) is 0 Å². The van der Waals surface area contributed by atoms with E-state index >= 15 is 0 Å². The molecule has 12 heavy (non-hydrogen) atoms. The van der Waals surface area contributed by atoms with Crippen molar-refractivity contribution in [3.05, 3.63) is 21.9 Å². The van der Waals surface area contributed by atoms with Gasteiger partial charge in [0.2, 0.25) is 0 Å². The van der Waals surface area contributed by atoms with Gasteiger partial charge in [-0.3, -0.25) is 0 Å². The van der Waals surface area contributed by atoms with Crippen molar-refractivity contribution in [1.82, 2.24) is 0 Å². The molecule has 0 aromatic carbocycles. The van der Waals surface area contributed by atoms with E-state index in [-0.39, 0.29) is 0 Å². The smallest absolute Gasteiger partial charge is 0.0421 e. The van der Waals surface area contributed by atoms with Crippen LogP contribution in [0.3, 0.4) is 0 Å². The van der Waals surface area contributed by atoms with Crippen molar-refractivity contribution in [2.45, 2.75) is 32.2 Å². The van der Waals surface area contributed by atoms with E-state index in [1.807, 2.05) is 11.3 Å². The van der Waals surface area contributed by atoms with E-state index < -0.39 is 0 Å². The van der Waals surface area contributed by atoms with E-state index in [9.17, 15) is 0 Å². The fraction of sp³-hybridized carbons (Fsp3) is 0.600. The molecule has 0 saturated heterocycles. The first-order chi connectivity index (χ1) is 5.79. The third kappa shape index (κ3) is 1.29. The molecule has 0 radical (unpaired) electrons. The second kappa shape index (κ2) is 3.19. The highest BCUT2D eigenvalue weighted by atomic mass is 32.1. The van der Waals surface area contributed by atoms with E-state index in [0.29, 0.717) is 6.04 Å². The van der Waals surface area contributed by atoms with Crippen LogP contribution in [0.25, 0.3) is 0 Å². The molecule has 1 nitrogen and oxygen atoms in total. The lowest BCUT2D eigenvalue weighted by Gasteiger charge is -2.31. The first-order valence-electron chi connectivity index (χ1n) is 4.58. The molecule has 1 heterocycles. The SMILES string of the molecule is Cc1ccsc1[C@@H](N)C1CCC1. The van der Waals surface area contributed by atoms with Gasteiger partial charge in [0, 0.05) is 10.9 Å². The summed E-state index contributed by atoms with van der Waals surface area (Å²) in [7, 11) is 0. The molecule has 1 fully saturated rings. The lowest BCUT2D eigenvalue weighted by Crippen LogP contribution is -2.26. The molecule has 0 aliphatic heterocycles. The summed E-state index contributed by atoms with van der Waals surface area (Å²) < 4.78 is 0. The Morgan fingerprint density at radius 2 is 2.33 bits per heavy atom. The third-order valence-corrected chi connectivity index (χ3v) is 3.98. The summed E-state index contributed by atoms with van der Waals surface area (Å²) >= 11 is 1.81. The lowest BCUT2D eigenvalue weighted by molar-refractivity contribution is 0.266. The highest BCUT2D eigenvalue weighted by Gasteiger charge is 2.26. The molecule has 2 N–H and O–H groups in total. The van der Waals surface area contributed by atoms with Crippen LogP contribution < -0.4 is 5.73 Å². The van der Waals surface area contributed by atoms with E-state index in [1.165, 1.54) is 29.7 Å². The molecule has 2 rings (SSSR count). The number of hydrogen-bond donors (Lipinski definition) is 1. The average molecular weight is 181 g/mol. The van der Waals surface area contributed by atoms with Crippen LogP contribution in [0, 0.1) is 12.8 Å². The first kappa shape index (κ1) is 8.27. The average Bonchev–Trinajstić information content (AvgIpc) is 2.31. The Kier molecular flexibility index (Phi) is 2.20.